The number of nitrogens with zero attached hydrogens (tertiary/aromatic N) is 1. The second-order valence-corrected chi connectivity index (χ2v) is 15.7. The Morgan fingerprint density at radius 1 is 1.00 bits per heavy atom. The van der Waals surface area contributed by atoms with E-state index in [2.05, 4.69) is 75.3 Å². The van der Waals surface area contributed by atoms with Crippen molar-refractivity contribution in [3.63, 3.8) is 0 Å². The number of nitrogens with one attached hydrogen (secondary N) is 3. The first-order chi connectivity index (χ1) is 24.6. The number of nitrogens with two attached hydrogens (primary N) is 1. The molecular formula is C41H47N5O3S2. The van der Waals surface area contributed by atoms with Crippen LogP contribution in [0.1, 0.15) is 52.4 Å². The van der Waals surface area contributed by atoms with Crippen LogP contribution in [0.2, 0.25) is 0 Å². The van der Waals surface area contributed by atoms with E-state index in [1.54, 1.807) is 48.8 Å². The molecule has 1 fully saturated rings. The number of aliphatic hydroxyl groups is 1. The van der Waals surface area contributed by atoms with Gasteiger partial charge in [0.2, 0.25) is 0 Å². The zero-order valence-electron chi connectivity index (χ0n) is 29.6. The number of Topliss-reactive ketones (excluding diaryl/α,β-unsaturated/α-hetero) is 1. The number of aliphatic imine (C=N–C) groups is 1. The van der Waals surface area contributed by atoms with Crippen molar-refractivity contribution in [2.75, 3.05) is 26.0 Å². The molecule has 2 aliphatic rings. The molecule has 2 heterocycles. The molecular weight excluding hydrogens is 675 g/mol. The zero-order chi connectivity index (χ0) is 36.1. The van der Waals surface area contributed by atoms with Crippen LogP contribution in [0.5, 0.6) is 5.75 Å². The van der Waals surface area contributed by atoms with Gasteiger partial charge in [0.05, 0.1) is 15.9 Å². The Labute approximate surface area is 308 Å². The fourth-order valence-electron chi connectivity index (χ4n) is 7.62. The molecule has 8 nitrogen and oxygen atoms in total. The highest BCUT2D eigenvalue weighted by atomic mass is 32.1. The molecule has 0 spiro atoms. The van der Waals surface area contributed by atoms with E-state index >= 15 is 0 Å². The van der Waals surface area contributed by atoms with Crippen molar-refractivity contribution in [3.8, 4) is 27.3 Å². The summed E-state index contributed by atoms with van der Waals surface area (Å²) in [7, 11) is 3.62. The number of phenols is 1. The van der Waals surface area contributed by atoms with Gasteiger partial charge < -0.3 is 31.9 Å². The Bertz CT molecular complexity index is 2090. The van der Waals surface area contributed by atoms with Crippen LogP contribution >= 0.6 is 22.7 Å². The maximum Gasteiger partial charge on any atom is 0.188 e. The number of phenolic OH excluding ortho intramolecular Hbond substituents is 1. The van der Waals surface area contributed by atoms with E-state index in [0.717, 1.165) is 50.1 Å². The van der Waals surface area contributed by atoms with E-state index < -0.39 is 6.10 Å². The summed E-state index contributed by atoms with van der Waals surface area (Å²) < 4.78 is 0. The van der Waals surface area contributed by atoms with Gasteiger partial charge in [0.1, 0.15) is 5.75 Å². The molecule has 2 aromatic carbocycles. The Morgan fingerprint density at radius 2 is 1.78 bits per heavy atom. The Balaban J connectivity index is 1.35. The normalized spacial score (nSPS) is 20.8. The van der Waals surface area contributed by atoms with Crippen molar-refractivity contribution in [2.45, 2.75) is 51.8 Å². The summed E-state index contributed by atoms with van der Waals surface area (Å²) in [6.07, 6.45) is 6.34. The van der Waals surface area contributed by atoms with Crippen molar-refractivity contribution in [1.82, 2.24) is 10.6 Å². The minimum atomic E-state index is -0.527. The number of aromatic hydroxyl groups is 1. The molecule has 7 N–H and O–H groups in total. The van der Waals surface area contributed by atoms with Gasteiger partial charge in [-0.3, -0.25) is 9.79 Å². The lowest BCUT2D eigenvalue weighted by atomic mass is 9.61. The molecule has 266 valence electrons. The molecule has 0 amide bonds. The molecule has 10 heteroatoms. The third-order valence-corrected chi connectivity index (χ3v) is 12.2. The summed E-state index contributed by atoms with van der Waals surface area (Å²) in [5.41, 5.74) is 9.23. The Hall–Kier alpha value is -4.40. The summed E-state index contributed by atoms with van der Waals surface area (Å²) in [6.45, 7) is 4.70. The Kier molecular flexibility index (Phi) is 11.6. The molecule has 1 saturated carbocycles. The van der Waals surface area contributed by atoms with Crippen LogP contribution in [0.4, 0.5) is 5.69 Å². The number of benzene rings is 2. The van der Waals surface area contributed by atoms with Gasteiger partial charge in [-0.05, 0) is 116 Å². The summed E-state index contributed by atoms with van der Waals surface area (Å²) >= 11 is 3.23. The zero-order valence-corrected chi connectivity index (χ0v) is 31.2. The number of anilines is 1. The molecule has 0 saturated heterocycles. The highest BCUT2D eigenvalue weighted by Gasteiger charge is 2.44. The smallest absolute Gasteiger partial charge is 0.188 e. The van der Waals surface area contributed by atoms with Crippen LogP contribution < -0.4 is 32.1 Å². The highest BCUT2D eigenvalue weighted by molar-refractivity contribution is 7.23. The number of guanidine groups is 1. The van der Waals surface area contributed by atoms with Crippen LogP contribution in [0.15, 0.2) is 65.7 Å². The standard InChI is InChI=1S/C41H47N5O3S2/c1-5-6-31-9-12-37(50-31)38-13-14-39(51-38)40(49)33-11-10-32(34-19-27-8-7-25(23-43-3)15-28(27)20-35(33)34)36(46-41(42)44-4)18-26-16-29(21-30(48)17-26)45-22-24(2)47/h7-9,12-17,19-21,24,32-36,43,45,47-48H,10-11,18,22-23H2,1-4H3,(H3,42,44,46)/t24-,32+,33+,34-,35-,36-/m0/s1. The molecule has 4 aromatic rings. The Morgan fingerprint density at radius 3 is 2.55 bits per heavy atom. The molecule has 6 atom stereocenters. The van der Waals surface area contributed by atoms with Crippen molar-refractivity contribution in [2.24, 2.45) is 34.4 Å². The summed E-state index contributed by atoms with van der Waals surface area (Å²) in [4.78, 5) is 22.8. The average molecular weight is 722 g/mol. The van der Waals surface area contributed by atoms with Gasteiger partial charge in [0.25, 0.3) is 0 Å². The molecule has 51 heavy (non-hydrogen) atoms. The highest BCUT2D eigenvalue weighted by Crippen LogP contribution is 2.46. The van der Waals surface area contributed by atoms with Crippen LogP contribution in [0.25, 0.3) is 21.9 Å². The largest absolute Gasteiger partial charge is 0.508 e. The van der Waals surface area contributed by atoms with E-state index in [1.807, 2.05) is 32.2 Å². The van der Waals surface area contributed by atoms with Gasteiger partial charge in [-0.2, -0.15) is 0 Å². The molecule has 0 bridgehead atoms. The first kappa shape index (κ1) is 36.4. The van der Waals surface area contributed by atoms with Crippen LogP contribution in [-0.2, 0) is 13.0 Å². The first-order valence-electron chi connectivity index (χ1n) is 17.5. The molecule has 6 rings (SSSR count). The summed E-state index contributed by atoms with van der Waals surface area (Å²) in [5.74, 6) is 6.82. The number of thiophene rings is 2. The van der Waals surface area contributed by atoms with Crippen LogP contribution in [0.3, 0.4) is 0 Å². The van der Waals surface area contributed by atoms with Crippen molar-refractivity contribution >= 4 is 52.3 Å². The van der Waals surface area contributed by atoms with Gasteiger partial charge in [0.15, 0.2) is 11.7 Å². The molecule has 2 aromatic heterocycles. The van der Waals surface area contributed by atoms with Crippen molar-refractivity contribution in [1.29, 1.82) is 0 Å². The van der Waals surface area contributed by atoms with Crippen LogP contribution in [0, 0.1) is 35.5 Å². The quantitative estimate of drug-likeness (QED) is 0.0530. The molecule has 0 aliphatic heterocycles. The fraction of sp³-hybridized carbons (Fsp3) is 0.366. The van der Waals surface area contributed by atoms with E-state index in [0.29, 0.717) is 18.9 Å². The minimum absolute atomic E-state index is 0.0103. The van der Waals surface area contributed by atoms with Gasteiger partial charge in [0, 0.05) is 53.6 Å². The first-order valence-corrected chi connectivity index (χ1v) is 19.2. The van der Waals surface area contributed by atoms with E-state index in [1.165, 1.54) is 16.0 Å². The number of carbonyl (C=O) groups is 1. The second kappa shape index (κ2) is 16.3. The number of fused-ring (bicyclic) bond motifs is 2. The third-order valence-electron chi connectivity index (χ3n) is 9.90. The van der Waals surface area contributed by atoms with Crippen molar-refractivity contribution < 1.29 is 15.0 Å². The van der Waals surface area contributed by atoms with Gasteiger partial charge in [-0.1, -0.05) is 36.3 Å². The topological polar surface area (TPSA) is 132 Å². The number of rotatable bonds is 12. The lowest BCUT2D eigenvalue weighted by Crippen LogP contribution is -2.52. The monoisotopic (exact) mass is 721 g/mol. The maximum atomic E-state index is 14.5. The lowest BCUT2D eigenvalue weighted by molar-refractivity contribution is 0.0768. The lowest BCUT2D eigenvalue weighted by Gasteiger charge is -2.45. The predicted molar refractivity (Wildman–Crippen MR) is 212 cm³/mol. The minimum Gasteiger partial charge on any atom is -0.508 e. The molecule has 0 radical (unpaired) electrons. The molecule has 2 aliphatic carbocycles. The summed E-state index contributed by atoms with van der Waals surface area (Å²) in [6, 6.07) is 20.1. The predicted octanol–water partition coefficient (Wildman–Crippen LogP) is 4.93. The van der Waals surface area contributed by atoms with Gasteiger partial charge in [-0.25, -0.2) is 0 Å². The number of carbonyl (C=O) groups excluding carboxylic acids is 1. The van der Waals surface area contributed by atoms with E-state index in [4.69, 9.17) is 5.73 Å². The maximum absolute atomic E-state index is 14.5. The molecule has 0 unspecified atom stereocenters. The number of ketones is 1. The average Bonchev–Trinajstić information content (AvgIpc) is 3.79. The third kappa shape index (κ3) is 8.57. The summed E-state index contributed by atoms with van der Waals surface area (Å²) in [5, 5.41) is 32.8. The van der Waals surface area contributed by atoms with E-state index in [-0.39, 0.29) is 41.2 Å². The van der Waals surface area contributed by atoms with Gasteiger partial charge >= 0.3 is 0 Å². The number of hydrogen-bond donors (Lipinski definition) is 6. The van der Waals surface area contributed by atoms with E-state index in [9.17, 15) is 15.0 Å². The van der Waals surface area contributed by atoms with Crippen molar-refractivity contribution in [3.05, 3.63) is 92.0 Å². The van der Waals surface area contributed by atoms with Crippen LogP contribution in [-0.4, -0.2) is 54.7 Å². The fourth-order valence-corrected chi connectivity index (χ4v) is 9.63. The number of aliphatic hydroxyl groups excluding tert-OH is 1. The second-order valence-electron chi connectivity index (χ2n) is 13.6. The van der Waals surface area contributed by atoms with Gasteiger partial charge in [-0.15, -0.1) is 28.6 Å². The SMILES string of the molecule is CC#Cc1ccc(-c2ccc(C(=O)[C@@H]3CC[C@@H]([C@H](Cc4cc(O)cc(NC[C@H](C)O)c4)NC(N)=NC)[C@@H]4C=c5ccc(CNC)cc5=C[C@H]43)s2)s1. The number of hydrogen-bond acceptors (Lipinski definition) is 8.